The molecule has 1 amide bonds. The second-order valence-corrected chi connectivity index (χ2v) is 9.97. The van der Waals surface area contributed by atoms with Crippen molar-refractivity contribution >= 4 is 29.0 Å². The smallest absolute Gasteiger partial charge is 0.248 e. The van der Waals surface area contributed by atoms with Crippen LogP contribution in [0.15, 0.2) is 76.5 Å². The number of carbonyl (C=O) groups is 1. The van der Waals surface area contributed by atoms with Crippen molar-refractivity contribution in [2.45, 2.75) is 29.3 Å². The molecule has 1 atom stereocenters. The van der Waals surface area contributed by atoms with Crippen LogP contribution in [0.2, 0.25) is 0 Å². The maximum Gasteiger partial charge on any atom is 0.248 e. The number of amides is 1. The zero-order chi connectivity index (χ0) is 23.1. The van der Waals surface area contributed by atoms with Gasteiger partial charge in [-0.25, -0.2) is 0 Å². The molecule has 0 bridgehead atoms. The molecule has 0 aliphatic carbocycles. The first-order chi connectivity index (χ1) is 16.7. The van der Waals surface area contributed by atoms with Gasteiger partial charge in [-0.05, 0) is 48.9 Å². The van der Waals surface area contributed by atoms with Crippen molar-refractivity contribution < 1.29 is 14.3 Å². The lowest BCUT2D eigenvalue weighted by molar-refractivity contribution is -0.123. The minimum absolute atomic E-state index is 0.129. The van der Waals surface area contributed by atoms with Gasteiger partial charge in [0.2, 0.25) is 12.7 Å². The number of nitrogens with zero attached hydrogens (tertiary/aromatic N) is 3. The molecule has 34 heavy (non-hydrogen) atoms. The molecule has 1 saturated heterocycles. The summed E-state index contributed by atoms with van der Waals surface area (Å²) in [4.78, 5) is 22.8. The van der Waals surface area contributed by atoms with Gasteiger partial charge < -0.3 is 9.47 Å². The van der Waals surface area contributed by atoms with Gasteiger partial charge in [-0.3, -0.25) is 19.5 Å². The van der Waals surface area contributed by atoms with Crippen LogP contribution in [0.4, 0.5) is 11.4 Å². The summed E-state index contributed by atoms with van der Waals surface area (Å²) in [6.07, 6.45) is 0. The van der Waals surface area contributed by atoms with Crippen molar-refractivity contribution in [3.63, 3.8) is 0 Å². The van der Waals surface area contributed by atoms with Gasteiger partial charge in [0.05, 0.1) is 17.4 Å². The fourth-order valence-electron chi connectivity index (χ4n) is 4.89. The Balaban J connectivity index is 1.14. The lowest BCUT2D eigenvalue weighted by Gasteiger charge is -2.40. The number of anilines is 2. The van der Waals surface area contributed by atoms with Gasteiger partial charge in [0.25, 0.3) is 0 Å². The molecule has 0 aromatic heterocycles. The number of para-hydroxylation sites is 2. The van der Waals surface area contributed by atoms with Crippen LogP contribution < -0.4 is 14.4 Å². The number of carbonyl (C=O) groups excluding carboxylic acids is 1. The van der Waals surface area contributed by atoms with E-state index < -0.39 is 0 Å². The zero-order valence-corrected chi connectivity index (χ0v) is 20.0. The predicted molar refractivity (Wildman–Crippen MR) is 133 cm³/mol. The summed E-state index contributed by atoms with van der Waals surface area (Å²) in [5.41, 5.74) is 3.18. The first-order valence-electron chi connectivity index (χ1n) is 11.7. The number of ether oxygens (including phenoxy) is 2. The van der Waals surface area contributed by atoms with Gasteiger partial charge in [0.1, 0.15) is 0 Å². The maximum atomic E-state index is 13.8. The van der Waals surface area contributed by atoms with Crippen molar-refractivity contribution in [3.05, 3.63) is 72.3 Å². The Morgan fingerprint density at radius 3 is 2.24 bits per heavy atom. The van der Waals surface area contributed by atoms with Crippen LogP contribution in [0.5, 0.6) is 11.5 Å². The van der Waals surface area contributed by atoms with E-state index in [1.807, 2.05) is 54.3 Å². The summed E-state index contributed by atoms with van der Waals surface area (Å²) in [5, 5.41) is 0. The normalized spacial score (nSPS) is 18.3. The average molecular weight is 474 g/mol. The minimum atomic E-state index is -0.197. The van der Waals surface area contributed by atoms with Crippen molar-refractivity contribution in [2.75, 3.05) is 37.9 Å². The van der Waals surface area contributed by atoms with Gasteiger partial charge >= 0.3 is 0 Å². The lowest BCUT2D eigenvalue weighted by Crippen LogP contribution is -2.54. The van der Waals surface area contributed by atoms with E-state index in [-0.39, 0.29) is 11.9 Å². The van der Waals surface area contributed by atoms with E-state index in [0.717, 1.165) is 65.4 Å². The summed E-state index contributed by atoms with van der Waals surface area (Å²) < 4.78 is 10.9. The van der Waals surface area contributed by atoms with Gasteiger partial charge in [0.15, 0.2) is 11.5 Å². The molecular formula is C27H27N3O3S. The Bertz CT molecular complexity index is 1180. The average Bonchev–Trinajstić information content (AvgIpc) is 3.35. The van der Waals surface area contributed by atoms with Crippen molar-refractivity contribution in [3.8, 4) is 11.5 Å². The van der Waals surface area contributed by atoms with E-state index in [2.05, 4.69) is 34.1 Å². The van der Waals surface area contributed by atoms with Gasteiger partial charge in [-0.2, -0.15) is 0 Å². The fraction of sp³-hybridized carbons (Fsp3) is 0.296. The third kappa shape index (κ3) is 3.94. The number of piperazine rings is 1. The molecule has 3 heterocycles. The molecule has 174 valence electrons. The standard InChI is InChI=1S/C27H27N3O3S/c1-19(27(31)30-21-6-2-4-8-25(21)34-26-9-5-3-7-22(26)30)29-14-12-28(13-15-29)17-20-10-11-23-24(16-20)33-18-32-23/h2-11,16,19H,12-15,17-18H2,1H3. The second kappa shape index (κ2) is 8.98. The lowest BCUT2D eigenvalue weighted by atomic mass is 10.1. The third-order valence-corrected chi connectivity index (χ3v) is 7.94. The van der Waals surface area contributed by atoms with Gasteiger partial charge in [0, 0.05) is 42.5 Å². The SMILES string of the molecule is CC(C(=O)N1c2ccccc2Sc2ccccc21)N1CCN(Cc2ccc3c(c2)OCO3)CC1. The summed E-state index contributed by atoms with van der Waals surface area (Å²) in [6, 6.07) is 22.3. The molecule has 1 unspecified atom stereocenters. The quantitative estimate of drug-likeness (QED) is 0.545. The zero-order valence-electron chi connectivity index (χ0n) is 19.1. The maximum absolute atomic E-state index is 13.8. The van der Waals surface area contributed by atoms with Crippen molar-refractivity contribution in [1.82, 2.24) is 9.80 Å². The number of hydrogen-bond donors (Lipinski definition) is 0. The van der Waals surface area contributed by atoms with E-state index in [0.29, 0.717) is 6.79 Å². The minimum Gasteiger partial charge on any atom is -0.454 e. The van der Waals surface area contributed by atoms with Crippen molar-refractivity contribution in [2.24, 2.45) is 0 Å². The molecule has 3 aliphatic heterocycles. The molecule has 7 heteroatoms. The Labute approximate surface area is 204 Å². The van der Waals surface area contributed by atoms with E-state index in [9.17, 15) is 4.79 Å². The Morgan fingerprint density at radius 2 is 1.53 bits per heavy atom. The molecule has 0 radical (unpaired) electrons. The van der Waals surface area contributed by atoms with E-state index in [4.69, 9.17) is 9.47 Å². The highest BCUT2D eigenvalue weighted by Crippen LogP contribution is 2.48. The second-order valence-electron chi connectivity index (χ2n) is 8.89. The first-order valence-corrected chi connectivity index (χ1v) is 12.5. The number of fused-ring (bicyclic) bond motifs is 3. The Morgan fingerprint density at radius 1 is 0.882 bits per heavy atom. The van der Waals surface area contributed by atoms with Gasteiger partial charge in [-0.1, -0.05) is 42.1 Å². The molecule has 0 N–H and O–H groups in total. The van der Waals surface area contributed by atoms with E-state index >= 15 is 0 Å². The molecule has 3 aliphatic rings. The monoisotopic (exact) mass is 473 g/mol. The molecule has 3 aromatic rings. The largest absolute Gasteiger partial charge is 0.454 e. The highest BCUT2D eigenvalue weighted by molar-refractivity contribution is 7.99. The molecule has 6 nitrogen and oxygen atoms in total. The molecule has 6 rings (SSSR count). The third-order valence-electron chi connectivity index (χ3n) is 6.81. The van der Waals surface area contributed by atoms with Gasteiger partial charge in [-0.15, -0.1) is 0 Å². The van der Waals surface area contributed by atoms with Crippen LogP contribution >= 0.6 is 11.8 Å². The van der Waals surface area contributed by atoms with Crippen LogP contribution in [0, 0.1) is 0 Å². The Kier molecular flexibility index (Phi) is 5.69. The Hall–Kier alpha value is -3.00. The van der Waals surface area contributed by atoms with E-state index in [1.54, 1.807) is 11.8 Å². The molecule has 1 fully saturated rings. The van der Waals surface area contributed by atoms with Crippen LogP contribution in [0.25, 0.3) is 0 Å². The number of benzene rings is 3. The summed E-state index contributed by atoms with van der Waals surface area (Å²) >= 11 is 1.73. The molecular weight excluding hydrogens is 446 g/mol. The highest BCUT2D eigenvalue weighted by atomic mass is 32.2. The summed E-state index contributed by atoms with van der Waals surface area (Å²) in [5.74, 6) is 1.78. The van der Waals surface area contributed by atoms with E-state index in [1.165, 1.54) is 5.56 Å². The fourth-order valence-corrected chi connectivity index (χ4v) is 5.95. The molecule has 0 saturated carbocycles. The summed E-state index contributed by atoms with van der Waals surface area (Å²) in [6.45, 7) is 6.80. The van der Waals surface area contributed by atoms with Crippen LogP contribution in [0.3, 0.4) is 0 Å². The van der Waals surface area contributed by atoms with Crippen LogP contribution in [0.1, 0.15) is 12.5 Å². The summed E-state index contributed by atoms with van der Waals surface area (Å²) in [7, 11) is 0. The van der Waals surface area contributed by atoms with Crippen LogP contribution in [-0.4, -0.2) is 54.7 Å². The molecule has 3 aromatic carbocycles. The predicted octanol–water partition coefficient (Wildman–Crippen LogP) is 4.75. The number of hydrogen-bond acceptors (Lipinski definition) is 6. The van der Waals surface area contributed by atoms with Crippen molar-refractivity contribution in [1.29, 1.82) is 0 Å². The molecule has 0 spiro atoms. The van der Waals surface area contributed by atoms with Crippen LogP contribution in [-0.2, 0) is 11.3 Å². The number of rotatable bonds is 4. The highest BCUT2D eigenvalue weighted by Gasteiger charge is 2.34. The first kappa shape index (κ1) is 21.5. The topological polar surface area (TPSA) is 45.3 Å².